The van der Waals surface area contributed by atoms with Crippen LogP contribution in [0.5, 0.6) is 0 Å². The Hall–Kier alpha value is -1.93. The minimum atomic E-state index is -5.02. The first-order valence-corrected chi connectivity index (χ1v) is 7.93. The third kappa shape index (κ3) is 3.69. The van der Waals surface area contributed by atoms with Crippen molar-refractivity contribution in [3.05, 3.63) is 32.6 Å². The second-order valence-corrected chi connectivity index (χ2v) is 6.19. The molecular weight excluding hydrogens is 374 g/mol. The van der Waals surface area contributed by atoms with Gasteiger partial charge in [-0.1, -0.05) is 0 Å². The minimum Gasteiger partial charge on any atom is -0.477 e. The van der Waals surface area contributed by atoms with E-state index in [1.807, 2.05) is 0 Å². The first kappa shape index (κ1) is 19.4. The van der Waals surface area contributed by atoms with Crippen molar-refractivity contribution in [1.29, 1.82) is 0 Å². The van der Waals surface area contributed by atoms with E-state index in [1.165, 1.54) is 0 Å². The van der Waals surface area contributed by atoms with Gasteiger partial charge in [-0.25, -0.2) is 18.7 Å². The van der Waals surface area contributed by atoms with Gasteiger partial charge in [-0.2, -0.15) is 4.39 Å². The number of hydrogen-bond acceptors (Lipinski definition) is 8. The lowest BCUT2D eigenvalue weighted by atomic mass is 10.1. The Morgan fingerprint density at radius 3 is 2.56 bits per heavy atom. The predicted molar refractivity (Wildman–Crippen MR) is 72.2 cm³/mol. The Morgan fingerprint density at radius 1 is 1.44 bits per heavy atom. The lowest BCUT2D eigenvalue weighted by Crippen LogP contribution is -2.50. The lowest BCUT2D eigenvalue weighted by Gasteiger charge is -2.26. The van der Waals surface area contributed by atoms with E-state index in [4.69, 9.17) is 14.9 Å². The smallest absolute Gasteiger partial charge is 0.469 e. The molecule has 0 saturated carbocycles. The van der Waals surface area contributed by atoms with Crippen LogP contribution in [0.1, 0.15) is 10.5 Å². The zero-order valence-electron chi connectivity index (χ0n) is 12.0. The standard InChI is InChI=1S/C10H12FN2O11P/c11-10(13-3(8(17)18)1-5(14)12-9(13)19)7(16)6(15)4(24-10)2-23-25(20,21)22/h1,4,6-7,15-16H,2H2,(H,17,18)(H,12,14,19)(H2,20,21,22)/t4-,6-,7-,10+/m1/s1. The second kappa shape index (κ2) is 6.42. The number of aliphatic hydroxyl groups is 2. The average Bonchev–Trinajstić information content (AvgIpc) is 2.68. The number of aromatic amines is 1. The van der Waals surface area contributed by atoms with E-state index in [-0.39, 0.29) is 4.57 Å². The van der Waals surface area contributed by atoms with Gasteiger partial charge in [0.15, 0.2) is 6.10 Å². The number of alkyl halides is 1. The summed E-state index contributed by atoms with van der Waals surface area (Å²) in [6, 6.07) is 0.340. The largest absolute Gasteiger partial charge is 0.477 e. The van der Waals surface area contributed by atoms with Gasteiger partial charge in [-0.15, -0.1) is 0 Å². The van der Waals surface area contributed by atoms with Crippen LogP contribution >= 0.6 is 7.82 Å². The van der Waals surface area contributed by atoms with Crippen molar-refractivity contribution in [3.63, 3.8) is 0 Å². The van der Waals surface area contributed by atoms with Gasteiger partial charge < -0.3 is 29.8 Å². The van der Waals surface area contributed by atoms with Crippen molar-refractivity contribution < 1.29 is 48.1 Å². The molecule has 6 N–H and O–H groups in total. The molecule has 25 heavy (non-hydrogen) atoms. The van der Waals surface area contributed by atoms with E-state index in [2.05, 4.69) is 9.26 Å². The topological polar surface area (TPSA) is 209 Å². The number of H-pyrrole nitrogens is 1. The van der Waals surface area contributed by atoms with Crippen LogP contribution in [0.15, 0.2) is 15.7 Å². The summed E-state index contributed by atoms with van der Waals surface area (Å²) < 4.78 is 34.1. The van der Waals surface area contributed by atoms with E-state index in [1.54, 1.807) is 4.98 Å². The van der Waals surface area contributed by atoms with Gasteiger partial charge in [0.1, 0.15) is 17.9 Å². The van der Waals surface area contributed by atoms with Crippen molar-refractivity contribution >= 4 is 13.8 Å². The number of aromatic carboxylic acids is 1. The van der Waals surface area contributed by atoms with E-state index >= 15 is 4.39 Å². The number of halogens is 1. The Balaban J connectivity index is 2.49. The summed E-state index contributed by atoms with van der Waals surface area (Å²) >= 11 is 0. The molecule has 0 unspecified atom stereocenters. The monoisotopic (exact) mass is 386 g/mol. The molecule has 0 radical (unpaired) electrons. The number of aromatic nitrogens is 2. The lowest BCUT2D eigenvalue weighted by molar-refractivity contribution is -0.240. The van der Waals surface area contributed by atoms with E-state index in [0.717, 1.165) is 0 Å². The molecule has 15 heteroatoms. The summed E-state index contributed by atoms with van der Waals surface area (Å²) in [6.07, 6.45) is -6.55. The summed E-state index contributed by atoms with van der Waals surface area (Å²) in [5.41, 5.74) is -3.97. The van der Waals surface area contributed by atoms with Gasteiger partial charge >= 0.3 is 25.5 Å². The van der Waals surface area contributed by atoms with Gasteiger partial charge in [-0.05, 0) is 0 Å². The number of carboxylic acids is 1. The van der Waals surface area contributed by atoms with E-state index in [9.17, 15) is 29.2 Å². The third-order valence-electron chi connectivity index (χ3n) is 3.26. The highest BCUT2D eigenvalue weighted by atomic mass is 31.2. The molecule has 0 aromatic carbocycles. The molecule has 0 amide bonds. The number of carbonyl (C=O) groups is 1. The van der Waals surface area contributed by atoms with Crippen molar-refractivity contribution in [1.82, 2.24) is 9.55 Å². The molecule has 1 saturated heterocycles. The molecule has 0 bridgehead atoms. The molecule has 140 valence electrons. The maximum atomic E-state index is 15.1. The molecular formula is C10H12FN2O11P. The summed E-state index contributed by atoms with van der Waals surface area (Å²) in [4.78, 5) is 52.9. The van der Waals surface area contributed by atoms with Gasteiger partial charge in [0.25, 0.3) is 5.56 Å². The maximum Gasteiger partial charge on any atom is 0.469 e. The third-order valence-corrected chi connectivity index (χ3v) is 3.74. The van der Waals surface area contributed by atoms with Gasteiger partial charge in [-0.3, -0.25) is 14.3 Å². The van der Waals surface area contributed by atoms with Crippen LogP contribution in [0.3, 0.4) is 0 Å². The van der Waals surface area contributed by atoms with Crippen molar-refractivity contribution in [2.75, 3.05) is 6.61 Å². The first-order chi connectivity index (χ1) is 11.4. The van der Waals surface area contributed by atoms with E-state index in [0.29, 0.717) is 6.07 Å². The molecule has 2 rings (SSSR count). The maximum absolute atomic E-state index is 15.1. The Labute approximate surface area is 136 Å². The molecule has 13 nitrogen and oxygen atoms in total. The number of ether oxygens (including phenoxy) is 1. The van der Waals surface area contributed by atoms with Crippen LogP contribution < -0.4 is 11.2 Å². The SMILES string of the molecule is O=C(O)c1cc(=O)[nH]c(=O)n1[C@]1(F)O[C@H](COP(=O)(O)O)[C@@H](O)[C@H]1O. The van der Waals surface area contributed by atoms with Crippen molar-refractivity contribution in [2.45, 2.75) is 24.3 Å². The Kier molecular flexibility index (Phi) is 4.98. The molecule has 1 aromatic rings. The van der Waals surface area contributed by atoms with Crippen LogP contribution in [-0.4, -0.2) is 65.5 Å². The zero-order chi connectivity index (χ0) is 19.2. The summed E-state index contributed by atoms with van der Waals surface area (Å²) in [5, 5.41) is 28.6. The molecule has 4 atom stereocenters. The van der Waals surface area contributed by atoms with Crippen molar-refractivity contribution in [3.8, 4) is 0 Å². The number of nitrogens with zero attached hydrogens (tertiary/aromatic N) is 1. The highest BCUT2D eigenvalue weighted by molar-refractivity contribution is 7.46. The number of aliphatic hydroxyl groups excluding tert-OH is 2. The Bertz CT molecular complexity index is 846. The fraction of sp³-hybridized carbons (Fsp3) is 0.500. The fourth-order valence-electron chi connectivity index (χ4n) is 2.21. The van der Waals surface area contributed by atoms with Crippen LogP contribution in [0.2, 0.25) is 0 Å². The fourth-order valence-corrected chi connectivity index (χ4v) is 2.55. The second-order valence-electron chi connectivity index (χ2n) is 4.95. The first-order valence-electron chi connectivity index (χ1n) is 6.40. The van der Waals surface area contributed by atoms with Crippen LogP contribution in [-0.2, 0) is 19.8 Å². The number of nitrogens with one attached hydrogen (secondary N) is 1. The average molecular weight is 386 g/mol. The molecule has 0 spiro atoms. The number of phosphoric acid groups is 1. The number of rotatable bonds is 5. The van der Waals surface area contributed by atoms with Gasteiger partial charge in [0, 0.05) is 6.07 Å². The van der Waals surface area contributed by atoms with Crippen molar-refractivity contribution in [2.24, 2.45) is 0 Å². The van der Waals surface area contributed by atoms with Gasteiger partial charge in [0.2, 0.25) is 0 Å². The number of carboxylic acid groups (broad SMARTS) is 1. The predicted octanol–water partition coefficient (Wildman–Crippen LogP) is -2.96. The molecule has 2 heterocycles. The number of phosphoric ester groups is 1. The molecule has 0 aliphatic carbocycles. The highest BCUT2D eigenvalue weighted by Crippen LogP contribution is 2.41. The van der Waals surface area contributed by atoms with Crippen LogP contribution in [0.25, 0.3) is 0 Å². The van der Waals surface area contributed by atoms with Crippen LogP contribution in [0.4, 0.5) is 4.39 Å². The summed E-state index contributed by atoms with van der Waals surface area (Å²) in [5.74, 6) is -5.57. The van der Waals surface area contributed by atoms with Gasteiger partial charge in [0.05, 0.1) is 6.61 Å². The quantitative estimate of drug-likeness (QED) is 0.282. The summed E-state index contributed by atoms with van der Waals surface area (Å²) in [7, 11) is -5.02. The normalized spacial score (nSPS) is 29.7. The molecule has 1 aromatic heterocycles. The molecule has 1 fully saturated rings. The molecule has 1 aliphatic rings. The Morgan fingerprint density at radius 2 is 2.04 bits per heavy atom. The summed E-state index contributed by atoms with van der Waals surface area (Å²) in [6.45, 7) is -1.09. The number of hydrogen-bond donors (Lipinski definition) is 6. The zero-order valence-corrected chi connectivity index (χ0v) is 12.9. The van der Waals surface area contributed by atoms with Crippen LogP contribution in [0, 0.1) is 0 Å². The highest BCUT2D eigenvalue weighted by Gasteiger charge is 2.58. The molecule has 1 aliphatic heterocycles. The van der Waals surface area contributed by atoms with E-state index < -0.39 is 61.6 Å². The minimum absolute atomic E-state index is 0.248.